The highest BCUT2D eigenvalue weighted by atomic mass is 16.5. The number of nitriles is 1. The standard InChI is InChI=1S/C28H33N7O2/c1-33-19-24(18-31-33)22-14-26(28-23(15-29)17-32-35(28)20-22)21-6-7-27(30-16-21)34-10-8-25(9-11-34)37-13-5-3-4-12-36-2/h6-7,14,16-20,25H,3-5,8-13H2,1-2H3. The van der Waals surface area contributed by atoms with Gasteiger partial charge >= 0.3 is 0 Å². The number of anilines is 1. The van der Waals surface area contributed by atoms with Gasteiger partial charge in [0, 0.05) is 81.3 Å². The van der Waals surface area contributed by atoms with Crippen LogP contribution in [-0.4, -0.2) is 63.9 Å². The van der Waals surface area contributed by atoms with Gasteiger partial charge in [0.1, 0.15) is 11.9 Å². The van der Waals surface area contributed by atoms with Gasteiger partial charge in [-0.3, -0.25) is 4.68 Å². The fourth-order valence-electron chi connectivity index (χ4n) is 4.91. The molecule has 0 bridgehead atoms. The third-order valence-electron chi connectivity index (χ3n) is 6.94. The number of rotatable bonds is 10. The minimum atomic E-state index is 0.327. The fourth-order valence-corrected chi connectivity index (χ4v) is 4.91. The molecule has 1 aliphatic heterocycles. The van der Waals surface area contributed by atoms with Crippen LogP contribution in [0.4, 0.5) is 5.82 Å². The molecule has 0 atom stereocenters. The molecule has 37 heavy (non-hydrogen) atoms. The van der Waals surface area contributed by atoms with E-state index in [1.165, 1.54) is 0 Å². The van der Waals surface area contributed by atoms with E-state index in [4.69, 9.17) is 14.5 Å². The van der Waals surface area contributed by atoms with Gasteiger partial charge in [-0.1, -0.05) is 0 Å². The van der Waals surface area contributed by atoms with Crippen molar-refractivity contribution in [3.8, 4) is 28.3 Å². The van der Waals surface area contributed by atoms with E-state index >= 15 is 0 Å². The Bertz CT molecular complexity index is 1360. The van der Waals surface area contributed by atoms with E-state index in [1.807, 2.05) is 31.8 Å². The number of unbranched alkanes of at least 4 members (excludes halogenated alkanes) is 2. The van der Waals surface area contributed by atoms with Crippen LogP contribution in [0.5, 0.6) is 0 Å². The lowest BCUT2D eigenvalue weighted by molar-refractivity contribution is 0.0340. The first-order chi connectivity index (χ1) is 18.2. The fraction of sp³-hybridized carbons (Fsp3) is 0.429. The van der Waals surface area contributed by atoms with Crippen molar-refractivity contribution >= 4 is 11.3 Å². The minimum Gasteiger partial charge on any atom is -0.385 e. The Labute approximate surface area is 217 Å². The highest BCUT2D eigenvalue weighted by molar-refractivity contribution is 5.87. The Morgan fingerprint density at radius 2 is 1.81 bits per heavy atom. The van der Waals surface area contributed by atoms with Gasteiger partial charge in [0.2, 0.25) is 0 Å². The number of hydrogen-bond acceptors (Lipinski definition) is 7. The monoisotopic (exact) mass is 499 g/mol. The number of pyridine rings is 2. The Balaban J connectivity index is 1.28. The van der Waals surface area contributed by atoms with E-state index < -0.39 is 0 Å². The van der Waals surface area contributed by atoms with Crippen molar-refractivity contribution < 1.29 is 9.47 Å². The number of hydrogen-bond donors (Lipinski definition) is 0. The summed E-state index contributed by atoms with van der Waals surface area (Å²) in [5.41, 5.74) is 5.16. The molecule has 5 heterocycles. The summed E-state index contributed by atoms with van der Waals surface area (Å²) >= 11 is 0. The van der Waals surface area contributed by atoms with E-state index in [2.05, 4.69) is 39.4 Å². The molecule has 1 fully saturated rings. The van der Waals surface area contributed by atoms with Crippen LogP contribution in [-0.2, 0) is 16.5 Å². The highest BCUT2D eigenvalue weighted by Crippen LogP contribution is 2.32. The number of piperidine rings is 1. The van der Waals surface area contributed by atoms with Crippen LogP contribution in [0.3, 0.4) is 0 Å². The second kappa shape index (κ2) is 11.5. The van der Waals surface area contributed by atoms with E-state index in [0.717, 1.165) is 92.0 Å². The molecule has 0 spiro atoms. The molecule has 1 saturated heterocycles. The zero-order valence-corrected chi connectivity index (χ0v) is 21.5. The van der Waals surface area contributed by atoms with Crippen molar-refractivity contribution in [2.45, 2.75) is 38.2 Å². The van der Waals surface area contributed by atoms with Crippen LogP contribution in [0, 0.1) is 11.3 Å². The average Bonchev–Trinajstić information content (AvgIpc) is 3.56. The van der Waals surface area contributed by atoms with Crippen molar-refractivity contribution in [3.63, 3.8) is 0 Å². The molecule has 0 N–H and O–H groups in total. The van der Waals surface area contributed by atoms with E-state index in [-0.39, 0.29) is 0 Å². The van der Waals surface area contributed by atoms with Gasteiger partial charge < -0.3 is 14.4 Å². The van der Waals surface area contributed by atoms with Crippen LogP contribution < -0.4 is 4.90 Å². The van der Waals surface area contributed by atoms with Crippen molar-refractivity contribution in [2.75, 3.05) is 38.3 Å². The van der Waals surface area contributed by atoms with Gasteiger partial charge in [-0.2, -0.15) is 15.5 Å². The topological polar surface area (TPSA) is 93.5 Å². The van der Waals surface area contributed by atoms with Crippen LogP contribution in [0.2, 0.25) is 0 Å². The first-order valence-corrected chi connectivity index (χ1v) is 12.9. The Morgan fingerprint density at radius 1 is 0.973 bits per heavy atom. The smallest absolute Gasteiger partial charge is 0.128 e. The quantitative estimate of drug-likeness (QED) is 0.297. The average molecular weight is 500 g/mol. The largest absolute Gasteiger partial charge is 0.385 e. The molecule has 0 unspecified atom stereocenters. The van der Waals surface area contributed by atoms with Crippen LogP contribution in [0.1, 0.15) is 37.7 Å². The first-order valence-electron chi connectivity index (χ1n) is 12.9. The molecule has 0 saturated carbocycles. The van der Waals surface area contributed by atoms with Crippen LogP contribution in [0.25, 0.3) is 27.8 Å². The third-order valence-corrected chi connectivity index (χ3v) is 6.94. The lowest BCUT2D eigenvalue weighted by atomic mass is 10.0. The molecule has 192 valence electrons. The first kappa shape index (κ1) is 24.9. The lowest BCUT2D eigenvalue weighted by Crippen LogP contribution is -2.37. The summed E-state index contributed by atoms with van der Waals surface area (Å²) in [5, 5.41) is 18.4. The second-order valence-electron chi connectivity index (χ2n) is 9.52. The number of fused-ring (bicyclic) bond motifs is 1. The number of ether oxygens (including phenoxy) is 2. The Hall–Kier alpha value is -3.74. The molecular weight excluding hydrogens is 466 g/mol. The molecule has 0 aliphatic carbocycles. The third kappa shape index (κ3) is 5.66. The zero-order chi connectivity index (χ0) is 25.6. The van der Waals surface area contributed by atoms with E-state index in [1.54, 1.807) is 22.5 Å². The normalized spacial score (nSPS) is 14.4. The number of methoxy groups -OCH3 is 1. The Morgan fingerprint density at radius 3 is 2.51 bits per heavy atom. The van der Waals surface area contributed by atoms with Crippen molar-refractivity contribution in [1.82, 2.24) is 24.4 Å². The lowest BCUT2D eigenvalue weighted by Gasteiger charge is -2.32. The van der Waals surface area contributed by atoms with Crippen molar-refractivity contribution in [2.24, 2.45) is 7.05 Å². The Kier molecular flexibility index (Phi) is 7.78. The maximum atomic E-state index is 9.67. The van der Waals surface area contributed by atoms with Gasteiger partial charge in [-0.25, -0.2) is 9.50 Å². The predicted molar refractivity (Wildman–Crippen MR) is 142 cm³/mol. The maximum Gasteiger partial charge on any atom is 0.128 e. The number of aromatic nitrogens is 5. The van der Waals surface area contributed by atoms with Gasteiger partial charge in [0.15, 0.2) is 0 Å². The van der Waals surface area contributed by atoms with Crippen LogP contribution >= 0.6 is 0 Å². The summed E-state index contributed by atoms with van der Waals surface area (Å²) in [6.07, 6.45) is 14.9. The molecule has 9 heteroatoms. The maximum absolute atomic E-state index is 9.67. The second-order valence-corrected chi connectivity index (χ2v) is 9.52. The predicted octanol–water partition coefficient (Wildman–Crippen LogP) is 4.47. The summed E-state index contributed by atoms with van der Waals surface area (Å²) in [6.45, 7) is 3.52. The van der Waals surface area contributed by atoms with Crippen molar-refractivity contribution in [3.05, 3.63) is 54.7 Å². The molecule has 0 aromatic carbocycles. The van der Waals surface area contributed by atoms with Crippen LogP contribution in [0.15, 0.2) is 49.2 Å². The summed E-state index contributed by atoms with van der Waals surface area (Å²) < 4.78 is 14.7. The van der Waals surface area contributed by atoms with E-state index in [9.17, 15) is 5.26 Å². The highest BCUT2D eigenvalue weighted by Gasteiger charge is 2.21. The van der Waals surface area contributed by atoms with Crippen molar-refractivity contribution in [1.29, 1.82) is 5.26 Å². The SMILES string of the molecule is COCCCCCOC1CCN(c2ccc(-c3cc(-c4cnn(C)c4)cn4ncc(C#N)c34)cn2)CC1. The summed E-state index contributed by atoms with van der Waals surface area (Å²) in [7, 11) is 3.64. The molecule has 0 amide bonds. The molecule has 4 aromatic rings. The molecule has 1 aliphatic rings. The zero-order valence-electron chi connectivity index (χ0n) is 21.5. The minimum absolute atomic E-state index is 0.327. The molecule has 0 radical (unpaired) electrons. The van der Waals surface area contributed by atoms with Gasteiger partial charge in [-0.15, -0.1) is 0 Å². The van der Waals surface area contributed by atoms with Gasteiger partial charge in [0.05, 0.1) is 29.6 Å². The van der Waals surface area contributed by atoms with Gasteiger partial charge in [-0.05, 0) is 50.3 Å². The van der Waals surface area contributed by atoms with Gasteiger partial charge in [0.25, 0.3) is 0 Å². The number of aryl methyl sites for hydroxylation is 1. The summed E-state index contributed by atoms with van der Waals surface area (Å²) in [5.74, 6) is 0.968. The molecule has 4 aromatic heterocycles. The summed E-state index contributed by atoms with van der Waals surface area (Å²) in [6, 6.07) is 8.51. The molecule has 5 rings (SSSR count). The number of nitrogens with zero attached hydrogens (tertiary/aromatic N) is 7. The summed E-state index contributed by atoms with van der Waals surface area (Å²) in [4.78, 5) is 7.13. The molecular formula is C28H33N7O2. The van der Waals surface area contributed by atoms with E-state index in [0.29, 0.717) is 11.7 Å². The molecule has 9 nitrogen and oxygen atoms in total.